The Morgan fingerprint density at radius 2 is 1.96 bits per heavy atom. The number of halogens is 1. The standard InChI is InChI=1S/C18H19FN4O/c19-16-3-1-2-13(6-16)8-22-9-14-11-23(12-15(14)10-22)18(24)17-7-20-4-5-21-17/h1-7,14-15H,8-12H2/t14-,15+. The summed E-state index contributed by atoms with van der Waals surface area (Å²) in [5.41, 5.74) is 1.41. The van der Waals surface area contributed by atoms with Crippen LogP contribution in [-0.4, -0.2) is 51.9 Å². The second kappa shape index (κ2) is 6.28. The second-order valence-electron chi connectivity index (χ2n) is 6.64. The van der Waals surface area contributed by atoms with E-state index in [0.717, 1.165) is 38.3 Å². The van der Waals surface area contributed by atoms with Crippen LogP contribution in [0.3, 0.4) is 0 Å². The number of carbonyl (C=O) groups excluding carboxylic acids is 1. The Balaban J connectivity index is 1.36. The molecular weight excluding hydrogens is 307 g/mol. The van der Waals surface area contributed by atoms with Crippen LogP contribution in [-0.2, 0) is 6.54 Å². The molecule has 24 heavy (non-hydrogen) atoms. The van der Waals surface area contributed by atoms with E-state index in [0.29, 0.717) is 17.5 Å². The van der Waals surface area contributed by atoms with E-state index in [1.165, 1.54) is 12.3 Å². The number of aromatic nitrogens is 2. The summed E-state index contributed by atoms with van der Waals surface area (Å²) in [5, 5.41) is 0. The van der Waals surface area contributed by atoms with Crippen LogP contribution in [0.5, 0.6) is 0 Å². The zero-order valence-corrected chi connectivity index (χ0v) is 13.3. The minimum absolute atomic E-state index is 0.0332. The van der Waals surface area contributed by atoms with E-state index >= 15 is 0 Å². The largest absolute Gasteiger partial charge is 0.337 e. The number of hydrogen-bond donors (Lipinski definition) is 0. The van der Waals surface area contributed by atoms with Crippen molar-refractivity contribution in [3.05, 3.63) is 59.9 Å². The lowest BCUT2D eigenvalue weighted by Gasteiger charge is -2.21. The predicted octanol–water partition coefficient (Wildman–Crippen LogP) is 1.82. The molecule has 2 aliphatic heterocycles. The molecule has 0 saturated carbocycles. The van der Waals surface area contributed by atoms with Crippen molar-refractivity contribution in [1.29, 1.82) is 0 Å². The molecule has 0 N–H and O–H groups in total. The molecule has 5 nitrogen and oxygen atoms in total. The van der Waals surface area contributed by atoms with Gasteiger partial charge in [-0.15, -0.1) is 0 Å². The lowest BCUT2D eigenvalue weighted by Crippen LogP contribution is -2.33. The lowest BCUT2D eigenvalue weighted by molar-refractivity contribution is 0.0767. The van der Waals surface area contributed by atoms with Gasteiger partial charge in [-0.2, -0.15) is 0 Å². The summed E-state index contributed by atoms with van der Waals surface area (Å²) in [6.07, 6.45) is 4.64. The fourth-order valence-electron chi connectivity index (χ4n) is 3.85. The van der Waals surface area contributed by atoms with Gasteiger partial charge in [0.15, 0.2) is 0 Å². The van der Waals surface area contributed by atoms with Crippen LogP contribution in [0.15, 0.2) is 42.9 Å². The van der Waals surface area contributed by atoms with Gasteiger partial charge in [-0.05, 0) is 29.5 Å². The molecule has 4 rings (SSSR count). The second-order valence-corrected chi connectivity index (χ2v) is 6.64. The molecule has 2 aromatic rings. The molecule has 2 saturated heterocycles. The number of rotatable bonds is 3. The molecule has 0 spiro atoms. The molecule has 0 radical (unpaired) electrons. The fourth-order valence-corrected chi connectivity index (χ4v) is 3.85. The molecule has 2 atom stereocenters. The Morgan fingerprint density at radius 3 is 2.62 bits per heavy atom. The highest BCUT2D eigenvalue weighted by Gasteiger charge is 2.41. The van der Waals surface area contributed by atoms with Gasteiger partial charge in [-0.25, -0.2) is 9.37 Å². The number of carbonyl (C=O) groups is 1. The third kappa shape index (κ3) is 3.01. The number of hydrogen-bond acceptors (Lipinski definition) is 4. The first-order valence-corrected chi connectivity index (χ1v) is 8.21. The van der Waals surface area contributed by atoms with Crippen molar-refractivity contribution < 1.29 is 9.18 Å². The van der Waals surface area contributed by atoms with Gasteiger partial charge in [-0.3, -0.25) is 14.7 Å². The summed E-state index contributed by atoms with van der Waals surface area (Å²) in [4.78, 5) is 24.8. The van der Waals surface area contributed by atoms with Crippen LogP contribution in [0.25, 0.3) is 0 Å². The van der Waals surface area contributed by atoms with Gasteiger partial charge in [0.25, 0.3) is 5.91 Å². The molecule has 1 aromatic carbocycles. The van der Waals surface area contributed by atoms with E-state index in [1.807, 2.05) is 11.0 Å². The summed E-state index contributed by atoms with van der Waals surface area (Å²) in [6.45, 7) is 4.19. The lowest BCUT2D eigenvalue weighted by atomic mass is 10.0. The van der Waals surface area contributed by atoms with E-state index in [2.05, 4.69) is 14.9 Å². The SMILES string of the molecule is O=C(c1cnccn1)N1C[C@H]2CN(Cc3cccc(F)c3)C[C@H]2C1. The van der Waals surface area contributed by atoms with E-state index in [1.54, 1.807) is 24.5 Å². The number of amides is 1. The summed E-state index contributed by atoms with van der Waals surface area (Å²) >= 11 is 0. The number of nitrogens with zero attached hydrogens (tertiary/aromatic N) is 4. The van der Waals surface area contributed by atoms with Gasteiger partial charge in [0.1, 0.15) is 11.5 Å². The smallest absolute Gasteiger partial charge is 0.274 e. The van der Waals surface area contributed by atoms with Crippen molar-refractivity contribution in [2.24, 2.45) is 11.8 Å². The van der Waals surface area contributed by atoms with Gasteiger partial charge in [-0.1, -0.05) is 12.1 Å². The van der Waals surface area contributed by atoms with Crippen LogP contribution in [0.1, 0.15) is 16.1 Å². The molecule has 2 aliphatic rings. The van der Waals surface area contributed by atoms with Crippen molar-refractivity contribution in [3.63, 3.8) is 0 Å². The van der Waals surface area contributed by atoms with Gasteiger partial charge >= 0.3 is 0 Å². The van der Waals surface area contributed by atoms with Crippen LogP contribution in [0, 0.1) is 17.7 Å². The maximum Gasteiger partial charge on any atom is 0.274 e. The fraction of sp³-hybridized carbons (Fsp3) is 0.389. The molecule has 2 fully saturated rings. The maximum absolute atomic E-state index is 13.3. The van der Waals surface area contributed by atoms with Crippen LogP contribution < -0.4 is 0 Å². The molecule has 1 aromatic heterocycles. The number of likely N-dealkylation sites (tertiary alicyclic amines) is 2. The van der Waals surface area contributed by atoms with Crippen molar-refractivity contribution in [1.82, 2.24) is 19.8 Å². The Morgan fingerprint density at radius 1 is 1.17 bits per heavy atom. The molecule has 3 heterocycles. The predicted molar refractivity (Wildman–Crippen MR) is 86.6 cm³/mol. The normalized spacial score (nSPS) is 23.5. The zero-order valence-electron chi connectivity index (χ0n) is 13.3. The summed E-state index contributed by atoms with van der Waals surface area (Å²) in [7, 11) is 0. The van der Waals surface area contributed by atoms with Crippen molar-refractivity contribution in [2.75, 3.05) is 26.2 Å². The van der Waals surface area contributed by atoms with Crippen molar-refractivity contribution >= 4 is 5.91 Å². The summed E-state index contributed by atoms with van der Waals surface area (Å²) in [6, 6.07) is 6.78. The third-order valence-corrected chi connectivity index (χ3v) is 4.93. The monoisotopic (exact) mass is 326 g/mol. The Kier molecular flexibility index (Phi) is 3.98. The molecule has 0 aliphatic carbocycles. The zero-order chi connectivity index (χ0) is 16.5. The van der Waals surface area contributed by atoms with Crippen molar-refractivity contribution in [2.45, 2.75) is 6.54 Å². The van der Waals surface area contributed by atoms with Crippen LogP contribution in [0.2, 0.25) is 0 Å². The first-order chi connectivity index (χ1) is 11.7. The molecule has 1 amide bonds. The average Bonchev–Trinajstić information content (AvgIpc) is 3.13. The Hall–Kier alpha value is -2.34. The highest BCUT2D eigenvalue weighted by atomic mass is 19.1. The number of benzene rings is 1. The van der Waals surface area contributed by atoms with Crippen LogP contribution >= 0.6 is 0 Å². The Labute approximate surface area is 140 Å². The molecule has 124 valence electrons. The summed E-state index contributed by atoms with van der Waals surface area (Å²) < 4.78 is 13.3. The van der Waals surface area contributed by atoms with E-state index < -0.39 is 0 Å². The highest BCUT2D eigenvalue weighted by Crippen LogP contribution is 2.32. The maximum atomic E-state index is 13.3. The van der Waals surface area contributed by atoms with Gasteiger partial charge in [0.2, 0.25) is 0 Å². The molecular formula is C18H19FN4O. The quantitative estimate of drug-likeness (QED) is 0.863. The van der Waals surface area contributed by atoms with Crippen molar-refractivity contribution in [3.8, 4) is 0 Å². The topological polar surface area (TPSA) is 49.3 Å². The van der Waals surface area contributed by atoms with E-state index in [4.69, 9.17) is 0 Å². The molecule has 0 bridgehead atoms. The highest BCUT2D eigenvalue weighted by molar-refractivity contribution is 5.92. The molecule has 0 unspecified atom stereocenters. The van der Waals surface area contributed by atoms with Gasteiger partial charge in [0.05, 0.1) is 6.20 Å². The van der Waals surface area contributed by atoms with Crippen LogP contribution in [0.4, 0.5) is 4.39 Å². The minimum Gasteiger partial charge on any atom is -0.337 e. The Bertz CT molecular complexity index is 725. The minimum atomic E-state index is -0.187. The van der Waals surface area contributed by atoms with Gasteiger partial charge in [0, 0.05) is 45.1 Å². The van der Waals surface area contributed by atoms with E-state index in [-0.39, 0.29) is 11.7 Å². The summed E-state index contributed by atoms with van der Waals surface area (Å²) in [5.74, 6) is 0.750. The first kappa shape index (κ1) is 15.2. The first-order valence-electron chi connectivity index (χ1n) is 8.21. The van der Waals surface area contributed by atoms with E-state index in [9.17, 15) is 9.18 Å². The average molecular weight is 326 g/mol. The number of fused-ring (bicyclic) bond motifs is 1. The molecule has 6 heteroatoms. The van der Waals surface area contributed by atoms with Gasteiger partial charge < -0.3 is 4.90 Å². The third-order valence-electron chi connectivity index (χ3n) is 4.93.